The molecule has 0 radical (unpaired) electrons. The maximum atomic E-state index is 12.0. The fourth-order valence-corrected chi connectivity index (χ4v) is 3.10. The van der Waals surface area contributed by atoms with E-state index in [0.717, 1.165) is 19.4 Å². The Morgan fingerprint density at radius 1 is 1.30 bits per heavy atom. The van der Waals surface area contributed by atoms with Gasteiger partial charge in [-0.1, -0.05) is 0 Å². The van der Waals surface area contributed by atoms with E-state index in [1.807, 2.05) is 0 Å². The third-order valence-corrected chi connectivity index (χ3v) is 4.06. The summed E-state index contributed by atoms with van der Waals surface area (Å²) in [5.41, 5.74) is 0. The standard InChI is InChI=1S/C13H22F3NO3/c14-13(15,16)9-20-7-5-17-4-1-2-11(17)10-8-19-6-3-12(10)18/h10-12,18H,1-9H2/t10-,11-,12+/m0/s1. The Bertz CT molecular complexity index is 301. The van der Waals surface area contributed by atoms with Crippen LogP contribution in [-0.2, 0) is 9.47 Å². The number of hydrogen-bond donors (Lipinski definition) is 1. The third kappa shape index (κ3) is 4.58. The molecule has 2 saturated heterocycles. The summed E-state index contributed by atoms with van der Waals surface area (Å²) in [5, 5.41) is 10.0. The lowest BCUT2D eigenvalue weighted by Crippen LogP contribution is -2.47. The molecule has 0 unspecified atom stereocenters. The molecule has 0 aromatic heterocycles. The second-order valence-corrected chi connectivity index (χ2v) is 5.51. The highest BCUT2D eigenvalue weighted by Gasteiger charge is 2.37. The minimum Gasteiger partial charge on any atom is -0.393 e. The van der Waals surface area contributed by atoms with E-state index in [4.69, 9.17) is 4.74 Å². The predicted octanol–water partition coefficient (Wildman–Crippen LogP) is 1.43. The van der Waals surface area contributed by atoms with E-state index in [-0.39, 0.29) is 24.7 Å². The van der Waals surface area contributed by atoms with Crippen molar-refractivity contribution < 1.29 is 27.8 Å². The molecule has 3 atom stereocenters. The van der Waals surface area contributed by atoms with Crippen molar-refractivity contribution in [3.05, 3.63) is 0 Å². The molecule has 2 fully saturated rings. The van der Waals surface area contributed by atoms with Crippen molar-refractivity contribution in [1.29, 1.82) is 0 Å². The number of rotatable bonds is 5. The summed E-state index contributed by atoms with van der Waals surface area (Å²) in [5.74, 6) is 0.0638. The monoisotopic (exact) mass is 297 g/mol. The summed E-state index contributed by atoms with van der Waals surface area (Å²) in [7, 11) is 0. The number of hydrogen-bond acceptors (Lipinski definition) is 4. The molecule has 0 aromatic rings. The Morgan fingerprint density at radius 2 is 2.10 bits per heavy atom. The molecular formula is C13H22F3NO3. The van der Waals surface area contributed by atoms with Crippen LogP contribution in [0.15, 0.2) is 0 Å². The van der Waals surface area contributed by atoms with Crippen molar-refractivity contribution >= 4 is 0 Å². The van der Waals surface area contributed by atoms with E-state index in [1.165, 1.54) is 0 Å². The summed E-state index contributed by atoms with van der Waals surface area (Å²) < 4.78 is 46.0. The van der Waals surface area contributed by atoms with Crippen molar-refractivity contribution in [3.8, 4) is 0 Å². The lowest BCUT2D eigenvalue weighted by atomic mass is 9.89. The number of nitrogens with zero attached hydrogens (tertiary/aromatic N) is 1. The first-order valence-electron chi connectivity index (χ1n) is 7.12. The Balaban J connectivity index is 1.75. The smallest absolute Gasteiger partial charge is 0.393 e. The van der Waals surface area contributed by atoms with Crippen molar-refractivity contribution in [3.63, 3.8) is 0 Å². The van der Waals surface area contributed by atoms with E-state index >= 15 is 0 Å². The molecule has 0 spiro atoms. The largest absolute Gasteiger partial charge is 0.411 e. The Labute approximate surface area is 116 Å². The second kappa shape index (κ2) is 7.06. The van der Waals surface area contributed by atoms with Crippen molar-refractivity contribution in [2.45, 2.75) is 37.6 Å². The molecule has 2 aliphatic heterocycles. The molecular weight excluding hydrogens is 275 g/mol. The van der Waals surface area contributed by atoms with Crippen LogP contribution in [0.2, 0.25) is 0 Å². The van der Waals surface area contributed by atoms with Crippen LogP contribution in [0.4, 0.5) is 13.2 Å². The Morgan fingerprint density at radius 3 is 2.80 bits per heavy atom. The first kappa shape index (κ1) is 16.0. The van der Waals surface area contributed by atoms with Gasteiger partial charge in [0.1, 0.15) is 6.61 Å². The van der Waals surface area contributed by atoms with Gasteiger partial charge < -0.3 is 14.6 Å². The van der Waals surface area contributed by atoms with Gasteiger partial charge in [-0.15, -0.1) is 0 Å². The van der Waals surface area contributed by atoms with Crippen LogP contribution in [0.3, 0.4) is 0 Å². The van der Waals surface area contributed by atoms with Gasteiger partial charge in [-0.25, -0.2) is 0 Å². The molecule has 0 aliphatic carbocycles. The maximum absolute atomic E-state index is 12.0. The van der Waals surface area contributed by atoms with Gasteiger partial charge in [0.15, 0.2) is 0 Å². The number of aliphatic hydroxyl groups excluding tert-OH is 1. The highest BCUT2D eigenvalue weighted by molar-refractivity contribution is 4.89. The quantitative estimate of drug-likeness (QED) is 0.780. The van der Waals surface area contributed by atoms with E-state index in [2.05, 4.69) is 9.64 Å². The van der Waals surface area contributed by atoms with Gasteiger partial charge in [0.05, 0.1) is 19.3 Å². The number of likely N-dealkylation sites (tertiary alicyclic amines) is 1. The molecule has 4 nitrogen and oxygen atoms in total. The highest BCUT2D eigenvalue weighted by atomic mass is 19.4. The lowest BCUT2D eigenvalue weighted by Gasteiger charge is -2.37. The maximum Gasteiger partial charge on any atom is 0.411 e. The lowest BCUT2D eigenvalue weighted by molar-refractivity contribution is -0.175. The summed E-state index contributed by atoms with van der Waals surface area (Å²) in [4.78, 5) is 2.12. The summed E-state index contributed by atoms with van der Waals surface area (Å²) in [6, 6.07) is 0.194. The number of ether oxygens (including phenoxy) is 2. The number of alkyl halides is 3. The Kier molecular flexibility index (Phi) is 5.65. The van der Waals surface area contributed by atoms with Crippen molar-refractivity contribution in [1.82, 2.24) is 4.90 Å². The van der Waals surface area contributed by atoms with Gasteiger partial charge in [-0.05, 0) is 25.8 Å². The molecule has 20 heavy (non-hydrogen) atoms. The molecule has 0 saturated carbocycles. The normalized spacial score (nSPS) is 32.7. The molecule has 2 rings (SSSR count). The predicted molar refractivity (Wildman–Crippen MR) is 66.4 cm³/mol. The topological polar surface area (TPSA) is 41.9 Å². The van der Waals surface area contributed by atoms with Crippen LogP contribution in [0, 0.1) is 5.92 Å². The van der Waals surface area contributed by atoms with Crippen LogP contribution in [0.5, 0.6) is 0 Å². The van der Waals surface area contributed by atoms with Crippen LogP contribution in [-0.4, -0.2) is 67.8 Å². The van der Waals surface area contributed by atoms with E-state index in [1.54, 1.807) is 0 Å². The van der Waals surface area contributed by atoms with Crippen molar-refractivity contribution in [2.24, 2.45) is 5.92 Å². The van der Waals surface area contributed by atoms with E-state index in [9.17, 15) is 18.3 Å². The molecule has 1 N–H and O–H groups in total. The fraction of sp³-hybridized carbons (Fsp3) is 1.00. The van der Waals surface area contributed by atoms with Gasteiger partial charge in [-0.3, -0.25) is 4.90 Å². The molecule has 2 heterocycles. The number of aliphatic hydroxyl groups is 1. The van der Waals surface area contributed by atoms with Crippen LogP contribution in [0.25, 0.3) is 0 Å². The number of halogens is 3. The zero-order chi connectivity index (χ0) is 14.6. The van der Waals surface area contributed by atoms with Crippen LogP contribution >= 0.6 is 0 Å². The van der Waals surface area contributed by atoms with Gasteiger partial charge >= 0.3 is 6.18 Å². The summed E-state index contributed by atoms with van der Waals surface area (Å²) in [6.45, 7) is 1.32. The van der Waals surface area contributed by atoms with Gasteiger partial charge in [0.25, 0.3) is 0 Å². The Hall–Kier alpha value is -0.370. The van der Waals surface area contributed by atoms with Gasteiger partial charge in [0, 0.05) is 25.1 Å². The molecule has 118 valence electrons. The molecule has 7 heteroatoms. The van der Waals surface area contributed by atoms with Crippen LogP contribution < -0.4 is 0 Å². The highest BCUT2D eigenvalue weighted by Crippen LogP contribution is 2.29. The third-order valence-electron chi connectivity index (χ3n) is 4.06. The van der Waals surface area contributed by atoms with E-state index < -0.39 is 12.8 Å². The SMILES string of the molecule is O[C@@H]1CCOC[C@H]1[C@@H]1CCCN1CCOCC(F)(F)F. The first-order chi connectivity index (χ1) is 9.47. The summed E-state index contributed by atoms with van der Waals surface area (Å²) >= 11 is 0. The zero-order valence-electron chi connectivity index (χ0n) is 11.4. The van der Waals surface area contributed by atoms with Crippen molar-refractivity contribution in [2.75, 3.05) is 39.5 Å². The molecule has 0 aromatic carbocycles. The molecule has 2 aliphatic rings. The minimum atomic E-state index is -4.27. The van der Waals surface area contributed by atoms with Gasteiger partial charge in [-0.2, -0.15) is 13.2 Å². The van der Waals surface area contributed by atoms with Crippen LogP contribution in [0.1, 0.15) is 19.3 Å². The minimum absolute atomic E-state index is 0.0638. The molecule has 0 bridgehead atoms. The average molecular weight is 297 g/mol. The first-order valence-corrected chi connectivity index (χ1v) is 7.12. The zero-order valence-corrected chi connectivity index (χ0v) is 11.4. The van der Waals surface area contributed by atoms with E-state index in [0.29, 0.717) is 26.2 Å². The molecule has 0 amide bonds. The second-order valence-electron chi connectivity index (χ2n) is 5.51. The average Bonchev–Trinajstić information content (AvgIpc) is 2.82. The summed E-state index contributed by atoms with van der Waals surface area (Å²) in [6.07, 6.45) is -2.03. The van der Waals surface area contributed by atoms with Gasteiger partial charge in [0.2, 0.25) is 0 Å². The fourth-order valence-electron chi connectivity index (χ4n) is 3.10.